The summed E-state index contributed by atoms with van der Waals surface area (Å²) in [6.07, 6.45) is 0.000928. The lowest BCUT2D eigenvalue weighted by atomic mass is 10.1. The second kappa shape index (κ2) is 6.67. The quantitative estimate of drug-likeness (QED) is 0.837. The van der Waals surface area contributed by atoms with Crippen LogP contribution in [0.1, 0.15) is 6.42 Å². The van der Waals surface area contributed by atoms with Gasteiger partial charge in [0.2, 0.25) is 10.0 Å². The Kier molecular flexibility index (Phi) is 5.13. The van der Waals surface area contributed by atoms with Crippen molar-refractivity contribution in [3.8, 4) is 0 Å². The van der Waals surface area contributed by atoms with Gasteiger partial charge in [-0.15, -0.1) is 0 Å². The van der Waals surface area contributed by atoms with Gasteiger partial charge in [-0.25, -0.2) is 13.1 Å². The third kappa shape index (κ3) is 3.69. The number of hydrogen-bond donors (Lipinski definition) is 2. The molecule has 1 aliphatic rings. The molecule has 8 heteroatoms. The van der Waals surface area contributed by atoms with Gasteiger partial charge < -0.3 is 10.0 Å². The number of anilines is 1. The Hall–Kier alpha value is -1.25. The maximum atomic E-state index is 12.1. The smallest absolute Gasteiger partial charge is 0.305 e. The molecule has 2 rings (SSSR count). The van der Waals surface area contributed by atoms with Crippen molar-refractivity contribution in [1.82, 2.24) is 4.72 Å². The Bertz CT molecular complexity index is 618. The first-order valence-corrected chi connectivity index (χ1v) is 9.18. The van der Waals surface area contributed by atoms with Crippen molar-refractivity contribution < 1.29 is 18.3 Å². The van der Waals surface area contributed by atoms with Gasteiger partial charge in [-0.3, -0.25) is 4.79 Å². The highest BCUT2D eigenvalue weighted by molar-refractivity contribution is 7.99. The topological polar surface area (TPSA) is 86.7 Å². The Labute approximate surface area is 128 Å². The van der Waals surface area contributed by atoms with E-state index in [0.29, 0.717) is 18.0 Å². The van der Waals surface area contributed by atoms with Gasteiger partial charge in [-0.05, 0) is 19.2 Å². The molecule has 1 fully saturated rings. The van der Waals surface area contributed by atoms with Gasteiger partial charge >= 0.3 is 5.97 Å². The number of thioether (sulfide) groups is 1. The lowest BCUT2D eigenvalue weighted by Gasteiger charge is -2.37. The van der Waals surface area contributed by atoms with Crippen molar-refractivity contribution in [1.29, 1.82) is 0 Å². The van der Waals surface area contributed by atoms with Crippen molar-refractivity contribution in [2.75, 3.05) is 30.0 Å². The molecule has 0 amide bonds. The summed E-state index contributed by atoms with van der Waals surface area (Å²) in [5, 5.41) is 9.04. The predicted octanol–water partition coefficient (Wildman–Crippen LogP) is 0.991. The molecule has 0 aromatic heterocycles. The average Bonchev–Trinajstić information content (AvgIpc) is 2.47. The van der Waals surface area contributed by atoms with E-state index < -0.39 is 16.0 Å². The molecule has 0 bridgehead atoms. The normalized spacial score (nSPS) is 19.5. The number of carboxylic acids is 1. The highest BCUT2D eigenvalue weighted by atomic mass is 32.2. The Morgan fingerprint density at radius 2 is 2.19 bits per heavy atom. The van der Waals surface area contributed by atoms with Crippen LogP contribution in [0.25, 0.3) is 0 Å². The predicted molar refractivity (Wildman–Crippen MR) is 83.4 cm³/mol. The van der Waals surface area contributed by atoms with E-state index in [-0.39, 0.29) is 17.4 Å². The van der Waals surface area contributed by atoms with Crippen LogP contribution in [0, 0.1) is 0 Å². The first-order chi connectivity index (χ1) is 9.95. The van der Waals surface area contributed by atoms with Crippen LogP contribution in [-0.4, -0.2) is 50.6 Å². The number of para-hydroxylation sites is 1. The van der Waals surface area contributed by atoms with Gasteiger partial charge in [-0.1, -0.05) is 12.1 Å². The summed E-state index contributed by atoms with van der Waals surface area (Å²) < 4.78 is 26.6. The van der Waals surface area contributed by atoms with Crippen LogP contribution in [-0.2, 0) is 14.8 Å². The van der Waals surface area contributed by atoms with Crippen LogP contribution in [0.5, 0.6) is 0 Å². The Morgan fingerprint density at radius 1 is 1.48 bits per heavy atom. The molecule has 1 unspecified atom stereocenters. The van der Waals surface area contributed by atoms with Crippen molar-refractivity contribution in [3.05, 3.63) is 24.3 Å². The van der Waals surface area contributed by atoms with Gasteiger partial charge in [0.05, 0.1) is 12.1 Å². The van der Waals surface area contributed by atoms with Gasteiger partial charge in [0.25, 0.3) is 0 Å². The van der Waals surface area contributed by atoms with E-state index in [2.05, 4.69) is 4.72 Å². The molecular weight excluding hydrogens is 312 g/mol. The lowest BCUT2D eigenvalue weighted by molar-refractivity contribution is -0.137. The number of rotatable bonds is 5. The van der Waals surface area contributed by atoms with E-state index in [1.807, 2.05) is 4.90 Å². The lowest BCUT2D eigenvalue weighted by Crippen LogP contribution is -2.44. The van der Waals surface area contributed by atoms with Crippen molar-refractivity contribution in [2.24, 2.45) is 0 Å². The Balaban J connectivity index is 2.42. The molecule has 6 nitrogen and oxygen atoms in total. The van der Waals surface area contributed by atoms with E-state index in [9.17, 15) is 13.2 Å². The maximum absolute atomic E-state index is 12.1. The minimum atomic E-state index is -3.58. The molecule has 21 heavy (non-hydrogen) atoms. The molecule has 0 spiro atoms. The maximum Gasteiger partial charge on any atom is 0.305 e. The number of hydrogen-bond acceptors (Lipinski definition) is 5. The summed E-state index contributed by atoms with van der Waals surface area (Å²) in [5.41, 5.74) is 0.568. The molecule has 0 radical (unpaired) electrons. The van der Waals surface area contributed by atoms with Gasteiger partial charge in [0.1, 0.15) is 4.90 Å². The van der Waals surface area contributed by atoms with Crippen molar-refractivity contribution in [2.45, 2.75) is 17.4 Å². The first-order valence-electron chi connectivity index (χ1n) is 6.54. The van der Waals surface area contributed by atoms with E-state index in [0.717, 1.165) is 5.75 Å². The van der Waals surface area contributed by atoms with Crippen molar-refractivity contribution >= 4 is 33.4 Å². The largest absolute Gasteiger partial charge is 0.481 e. The summed E-state index contributed by atoms with van der Waals surface area (Å²) in [6, 6.07) is 6.51. The molecule has 1 aliphatic heterocycles. The zero-order valence-electron chi connectivity index (χ0n) is 11.7. The standard InChI is InChI=1S/C13H18N2O4S2/c1-14-21(18,19)12-5-3-2-4-11(12)15-6-7-20-9-10(15)8-13(16)17/h2-5,10,14H,6-9H2,1H3,(H,16,17). The first kappa shape index (κ1) is 16.1. The van der Waals surface area contributed by atoms with Crippen LogP contribution < -0.4 is 9.62 Å². The summed E-state index contributed by atoms with van der Waals surface area (Å²) in [6.45, 7) is 0.638. The number of aliphatic carboxylic acids is 1. The van der Waals surface area contributed by atoms with Gasteiger partial charge in [0, 0.05) is 24.1 Å². The van der Waals surface area contributed by atoms with E-state index >= 15 is 0 Å². The fourth-order valence-electron chi connectivity index (χ4n) is 2.37. The van der Waals surface area contributed by atoms with Crippen LogP contribution >= 0.6 is 11.8 Å². The van der Waals surface area contributed by atoms with Crippen LogP contribution in [0.2, 0.25) is 0 Å². The van der Waals surface area contributed by atoms with Gasteiger partial charge in [-0.2, -0.15) is 11.8 Å². The van der Waals surface area contributed by atoms with E-state index in [1.54, 1.807) is 36.0 Å². The summed E-state index contributed by atoms with van der Waals surface area (Å²) in [5.74, 6) is 0.658. The Morgan fingerprint density at radius 3 is 2.86 bits per heavy atom. The second-order valence-corrected chi connectivity index (χ2v) is 7.70. The van der Waals surface area contributed by atoms with Crippen LogP contribution in [0.15, 0.2) is 29.2 Å². The summed E-state index contributed by atoms with van der Waals surface area (Å²) in [7, 11) is -2.21. The van der Waals surface area contributed by atoms with Crippen LogP contribution in [0.4, 0.5) is 5.69 Å². The third-order valence-corrected chi connectivity index (χ3v) is 5.92. The molecule has 116 valence electrons. The molecule has 1 atom stereocenters. The summed E-state index contributed by atoms with van der Waals surface area (Å²) in [4.78, 5) is 13.1. The molecular formula is C13H18N2O4S2. The number of sulfonamides is 1. The average molecular weight is 330 g/mol. The highest BCUT2D eigenvalue weighted by Gasteiger charge is 2.29. The zero-order chi connectivity index (χ0) is 15.5. The second-order valence-electron chi connectivity index (χ2n) is 4.70. The number of nitrogens with zero attached hydrogens (tertiary/aromatic N) is 1. The molecule has 1 aromatic carbocycles. The number of nitrogens with one attached hydrogen (secondary N) is 1. The summed E-state index contributed by atoms with van der Waals surface area (Å²) >= 11 is 1.69. The number of carbonyl (C=O) groups is 1. The molecule has 0 saturated carbocycles. The third-order valence-electron chi connectivity index (χ3n) is 3.37. The molecule has 1 aromatic rings. The molecule has 1 saturated heterocycles. The molecule has 0 aliphatic carbocycles. The molecule has 1 heterocycles. The zero-order valence-corrected chi connectivity index (χ0v) is 13.3. The highest BCUT2D eigenvalue weighted by Crippen LogP contribution is 2.31. The van der Waals surface area contributed by atoms with Crippen molar-refractivity contribution in [3.63, 3.8) is 0 Å². The number of benzene rings is 1. The van der Waals surface area contributed by atoms with E-state index in [1.165, 1.54) is 7.05 Å². The van der Waals surface area contributed by atoms with Gasteiger partial charge in [0.15, 0.2) is 0 Å². The minimum absolute atomic E-state index is 0.000928. The minimum Gasteiger partial charge on any atom is -0.481 e. The monoisotopic (exact) mass is 330 g/mol. The fraction of sp³-hybridized carbons (Fsp3) is 0.462. The van der Waals surface area contributed by atoms with Crippen LogP contribution in [0.3, 0.4) is 0 Å². The van der Waals surface area contributed by atoms with E-state index in [4.69, 9.17) is 5.11 Å². The molecule has 2 N–H and O–H groups in total. The fourth-order valence-corrected chi connectivity index (χ4v) is 4.37. The number of carboxylic acid groups (broad SMARTS) is 1. The SMILES string of the molecule is CNS(=O)(=O)c1ccccc1N1CCSCC1CC(=O)O.